The Hall–Kier alpha value is 0.270. The predicted octanol–water partition coefficient (Wildman–Crippen LogP) is -2.78. The summed E-state index contributed by atoms with van der Waals surface area (Å²) in [4.78, 5) is 8.69. The Bertz CT molecular complexity index is 61.0. The van der Waals surface area contributed by atoms with Crippen molar-refractivity contribution in [1.82, 2.24) is 0 Å². The highest BCUT2D eigenvalue weighted by atomic mass is 17.5. The van der Waals surface area contributed by atoms with Crippen LogP contribution in [0.25, 0.3) is 0 Å². The van der Waals surface area contributed by atoms with E-state index in [9.17, 15) is 0 Å². The van der Waals surface area contributed by atoms with E-state index in [0.717, 1.165) is 7.06 Å². The molecule has 0 aromatic heterocycles. The highest BCUT2D eigenvalue weighted by Crippen LogP contribution is 1.98. The van der Waals surface area contributed by atoms with Gasteiger partial charge in [-0.25, -0.2) is 0 Å². The van der Waals surface area contributed by atoms with Crippen LogP contribution in [0.3, 0.4) is 0 Å². The smallest absolute Gasteiger partial charge is 0.281 e. The first kappa shape index (κ1) is 10.4. The third-order valence-electron chi connectivity index (χ3n) is 2.05. The van der Waals surface area contributed by atoms with Gasteiger partial charge >= 0.3 is 0 Å². The van der Waals surface area contributed by atoms with Crippen LogP contribution in [0.4, 0.5) is 0 Å². The minimum atomic E-state index is 0.653. The van der Waals surface area contributed by atoms with Crippen LogP contribution < -0.4 is 0 Å². The molecule has 9 heteroatoms. The summed E-state index contributed by atoms with van der Waals surface area (Å²) in [5.41, 5.74) is 0. The normalized spacial score (nSPS) is 20.0. The van der Waals surface area contributed by atoms with Gasteiger partial charge in [-0.3, -0.25) is 9.61 Å². The van der Waals surface area contributed by atoms with Crippen LogP contribution in [-0.4, -0.2) is 43.2 Å². The van der Waals surface area contributed by atoms with E-state index in [1.54, 1.807) is 0 Å². The molecular formula is C3H12B6O3. The molecule has 0 aromatic rings. The van der Waals surface area contributed by atoms with Crippen LogP contribution in [0.5, 0.6) is 0 Å². The minimum absolute atomic E-state index is 0.653. The molecule has 2 rings (SSSR count). The molecule has 0 unspecified atom stereocenters. The molecule has 0 amide bonds. The van der Waals surface area contributed by atoms with Crippen molar-refractivity contribution in [1.29, 1.82) is 0 Å². The number of rotatable bonds is 0. The average molecular weight is 161 g/mol. The Morgan fingerprint density at radius 2 is 1.50 bits per heavy atom. The topological polar surface area (TPSA) is 27.7 Å². The molecule has 0 radical (unpaired) electrons. The average Bonchev–Trinajstić information content (AvgIpc) is 2.24. The molecule has 0 spiro atoms. The fourth-order valence-corrected chi connectivity index (χ4v) is 1.34. The lowest BCUT2D eigenvalue weighted by atomic mass is 9.15. The molecule has 2 aliphatic heterocycles. The summed E-state index contributed by atoms with van der Waals surface area (Å²) in [6.07, 6.45) is 4.50. The maximum absolute atomic E-state index is 4.35. The highest BCUT2D eigenvalue weighted by molar-refractivity contribution is 7.29. The lowest BCUT2D eigenvalue weighted by molar-refractivity contribution is -0.417. The van der Waals surface area contributed by atoms with Gasteiger partial charge in [0.25, 0.3) is 14.7 Å². The molecule has 0 bridgehead atoms. The minimum Gasteiger partial charge on any atom is -0.292 e. The van der Waals surface area contributed by atoms with Gasteiger partial charge in [0, 0.05) is 0 Å². The summed E-state index contributed by atoms with van der Waals surface area (Å²) in [6.45, 7) is 0. The van der Waals surface area contributed by atoms with Gasteiger partial charge in [-0.15, -0.1) is 5.04 Å². The fraction of sp³-hybridized carbons (Fsp3) is 1.00. The number of hydrogen-bond acceptors (Lipinski definition) is 3. The molecule has 0 N–H and O–H groups in total. The molecule has 0 aromatic carbocycles. The van der Waals surface area contributed by atoms with Gasteiger partial charge in [0.05, 0.1) is 21.4 Å². The molecule has 12 heavy (non-hydrogen) atoms. The summed E-state index contributed by atoms with van der Waals surface area (Å²) in [7, 11) is 6.74. The zero-order valence-corrected chi connectivity index (χ0v) is 7.59. The van der Waals surface area contributed by atoms with E-state index in [1.807, 2.05) is 0 Å². The molecule has 2 fully saturated rings. The van der Waals surface area contributed by atoms with Gasteiger partial charge < -0.3 is 0 Å². The van der Waals surface area contributed by atoms with Crippen LogP contribution in [0, 0.1) is 0 Å². The van der Waals surface area contributed by atoms with Crippen LogP contribution in [0.2, 0.25) is 12.6 Å². The lowest BCUT2D eigenvalue weighted by Gasteiger charge is -2.04. The number of hydrogen-bond donors (Lipinski definition) is 0. The van der Waals surface area contributed by atoms with E-state index in [0.29, 0.717) is 14.7 Å². The quantitative estimate of drug-likeness (QED) is 0.284. The second-order valence-corrected chi connectivity index (χ2v) is 3.19. The van der Waals surface area contributed by atoms with Crippen molar-refractivity contribution in [2.24, 2.45) is 0 Å². The molecule has 2 heterocycles. The monoisotopic (exact) mass is 162 g/mol. The standard InChI is InChI=1S/C3H9B3.B3H3O3/c2*1-2-4-6-5-3-1/h4-6H,1-3H2;1-3H. The van der Waals surface area contributed by atoms with Crippen molar-refractivity contribution in [2.75, 3.05) is 0 Å². The van der Waals surface area contributed by atoms with Gasteiger partial charge in [0.1, 0.15) is 7.06 Å². The van der Waals surface area contributed by atoms with Crippen molar-refractivity contribution < 1.29 is 14.6 Å². The third-order valence-corrected chi connectivity index (χ3v) is 2.05. The Kier molecular flexibility index (Phi) is 6.81. The molecule has 3 nitrogen and oxygen atoms in total. The zero-order valence-electron chi connectivity index (χ0n) is 7.59. The van der Waals surface area contributed by atoms with Crippen LogP contribution in [-0.2, 0) is 14.6 Å². The van der Waals surface area contributed by atoms with Crippen molar-refractivity contribution in [3.63, 3.8) is 0 Å². The zero-order chi connectivity index (χ0) is 8.49. The van der Waals surface area contributed by atoms with Gasteiger partial charge in [-0.2, -0.15) is 0 Å². The Balaban J connectivity index is 0.000000120. The van der Waals surface area contributed by atoms with E-state index in [-0.39, 0.29) is 0 Å². The van der Waals surface area contributed by atoms with Crippen molar-refractivity contribution in [2.45, 2.75) is 19.1 Å². The van der Waals surface area contributed by atoms with Gasteiger partial charge in [-0.1, -0.05) is 19.1 Å². The van der Waals surface area contributed by atoms with Gasteiger partial charge in [-0.05, 0) is 0 Å². The summed E-state index contributed by atoms with van der Waals surface area (Å²) in [6, 6.07) is 0. The Morgan fingerprint density at radius 1 is 0.833 bits per heavy atom. The first-order valence-corrected chi connectivity index (χ1v) is 4.91. The fourth-order valence-electron chi connectivity index (χ4n) is 1.34. The third kappa shape index (κ3) is 5.86. The van der Waals surface area contributed by atoms with Crippen molar-refractivity contribution in [3.05, 3.63) is 0 Å². The highest BCUT2D eigenvalue weighted by Gasteiger charge is 2.05. The summed E-state index contributed by atoms with van der Waals surface area (Å²) in [5.74, 6) is 0. The first-order valence-electron chi connectivity index (χ1n) is 4.91. The first-order chi connectivity index (χ1) is 6.00. The summed E-state index contributed by atoms with van der Waals surface area (Å²) < 4.78 is 0. The lowest BCUT2D eigenvalue weighted by Crippen LogP contribution is -2.25. The van der Waals surface area contributed by atoms with E-state index >= 15 is 0 Å². The molecule has 0 aliphatic carbocycles. The molecule has 0 saturated carbocycles. The van der Waals surface area contributed by atoms with E-state index in [1.165, 1.54) is 40.5 Å². The molecule has 60 valence electrons. The maximum atomic E-state index is 4.35. The summed E-state index contributed by atoms with van der Waals surface area (Å²) >= 11 is 0. The molecule has 2 aliphatic rings. The molecular weight excluding hydrogens is 149 g/mol. The Morgan fingerprint density at radius 3 is 1.67 bits per heavy atom. The van der Waals surface area contributed by atoms with Gasteiger partial charge in [0.15, 0.2) is 0 Å². The van der Waals surface area contributed by atoms with Crippen LogP contribution in [0.15, 0.2) is 0 Å². The maximum Gasteiger partial charge on any atom is 0.281 e. The largest absolute Gasteiger partial charge is 0.292 e. The SMILES string of the molecule is B1BCCCB1.B1BOOOB1. The second kappa shape index (κ2) is 7.90. The second-order valence-electron chi connectivity index (χ2n) is 3.19. The van der Waals surface area contributed by atoms with Crippen molar-refractivity contribution in [3.8, 4) is 0 Å². The van der Waals surface area contributed by atoms with E-state index in [4.69, 9.17) is 0 Å². The van der Waals surface area contributed by atoms with E-state index in [2.05, 4.69) is 14.6 Å². The van der Waals surface area contributed by atoms with Gasteiger partial charge in [0.2, 0.25) is 0 Å². The van der Waals surface area contributed by atoms with Crippen LogP contribution >= 0.6 is 0 Å². The van der Waals surface area contributed by atoms with Crippen LogP contribution in [0.1, 0.15) is 6.42 Å². The Labute approximate surface area is 77.6 Å². The predicted molar refractivity (Wildman–Crippen MR) is 60.4 cm³/mol. The van der Waals surface area contributed by atoms with E-state index < -0.39 is 0 Å². The molecule has 2 saturated heterocycles. The molecule has 0 atom stereocenters. The summed E-state index contributed by atoms with van der Waals surface area (Å²) in [5, 5.41) is 4.07. The van der Waals surface area contributed by atoms with Crippen molar-refractivity contribution >= 4 is 43.2 Å².